The Labute approximate surface area is 85.9 Å². The maximum absolute atomic E-state index is 10.5. The molecule has 4 nitrogen and oxygen atoms in total. The van der Waals surface area contributed by atoms with Gasteiger partial charge < -0.3 is 14.9 Å². The van der Waals surface area contributed by atoms with Gasteiger partial charge in [0.05, 0.1) is 12.7 Å². The second kappa shape index (κ2) is 12.4. The van der Waals surface area contributed by atoms with Gasteiger partial charge in [0.2, 0.25) is 0 Å². The molecule has 0 radical (unpaired) electrons. The molecule has 0 saturated carbocycles. The van der Waals surface area contributed by atoms with Gasteiger partial charge in [0, 0.05) is 13.0 Å². The molecule has 0 saturated heterocycles. The molecule has 0 aromatic rings. The van der Waals surface area contributed by atoms with Crippen LogP contribution in [0.4, 0.5) is 0 Å². The minimum Gasteiger partial charge on any atom is -0.466 e. The Morgan fingerprint density at radius 1 is 1.43 bits per heavy atom. The summed E-state index contributed by atoms with van der Waals surface area (Å²) in [6.07, 6.45) is 1.57. The molecular weight excluding hydrogens is 184 g/mol. The molecule has 0 aliphatic carbocycles. The van der Waals surface area contributed by atoms with Gasteiger partial charge in [-0.1, -0.05) is 6.92 Å². The van der Waals surface area contributed by atoms with Crippen molar-refractivity contribution in [3.63, 3.8) is 0 Å². The van der Waals surface area contributed by atoms with Crippen LogP contribution < -0.4 is 0 Å². The summed E-state index contributed by atoms with van der Waals surface area (Å²) in [4.78, 5) is 10.5. The molecule has 1 unspecified atom stereocenters. The van der Waals surface area contributed by atoms with Crippen molar-refractivity contribution in [1.82, 2.24) is 0 Å². The summed E-state index contributed by atoms with van der Waals surface area (Å²) in [6, 6.07) is 0. The van der Waals surface area contributed by atoms with Crippen LogP contribution in [-0.2, 0) is 9.53 Å². The lowest BCUT2D eigenvalue weighted by Crippen LogP contribution is -2.03. The van der Waals surface area contributed by atoms with Crippen LogP contribution in [0.25, 0.3) is 0 Å². The van der Waals surface area contributed by atoms with E-state index in [0.717, 1.165) is 6.42 Å². The molecule has 0 bridgehead atoms. The van der Waals surface area contributed by atoms with E-state index in [2.05, 4.69) is 4.74 Å². The number of rotatable bonds is 5. The molecule has 86 valence electrons. The Morgan fingerprint density at radius 3 is 2.21 bits per heavy atom. The molecule has 0 spiro atoms. The Bertz CT molecular complexity index is 123. The summed E-state index contributed by atoms with van der Waals surface area (Å²) in [6.45, 7) is 5.96. The number of carbonyl (C=O) groups excluding carboxylic acids is 1. The van der Waals surface area contributed by atoms with Crippen LogP contribution in [0.5, 0.6) is 0 Å². The number of esters is 1. The number of aliphatic hydroxyl groups is 2. The monoisotopic (exact) mass is 206 g/mol. The predicted octanol–water partition coefficient (Wildman–Crippen LogP) is 1.10. The maximum atomic E-state index is 10.5. The van der Waals surface area contributed by atoms with E-state index in [1.165, 1.54) is 0 Å². The number of hydrogen-bond donors (Lipinski definition) is 2. The van der Waals surface area contributed by atoms with E-state index in [-0.39, 0.29) is 18.7 Å². The van der Waals surface area contributed by atoms with Crippen molar-refractivity contribution in [2.45, 2.75) is 46.1 Å². The minimum atomic E-state index is -0.230. The van der Waals surface area contributed by atoms with Crippen molar-refractivity contribution in [1.29, 1.82) is 0 Å². The van der Waals surface area contributed by atoms with Crippen molar-refractivity contribution in [2.24, 2.45) is 0 Å². The van der Waals surface area contributed by atoms with Gasteiger partial charge in [-0.3, -0.25) is 4.79 Å². The first-order valence-electron chi connectivity index (χ1n) is 5.02. The zero-order chi connectivity index (χ0) is 11.4. The summed E-state index contributed by atoms with van der Waals surface area (Å²) in [7, 11) is 0. The number of carbonyl (C=O) groups is 1. The van der Waals surface area contributed by atoms with E-state index in [1.807, 2.05) is 6.92 Å². The van der Waals surface area contributed by atoms with E-state index in [4.69, 9.17) is 10.2 Å². The second-order valence-corrected chi connectivity index (χ2v) is 2.89. The largest absolute Gasteiger partial charge is 0.466 e. The highest BCUT2D eigenvalue weighted by Crippen LogP contribution is 1.90. The predicted molar refractivity (Wildman–Crippen MR) is 54.9 cm³/mol. The molecule has 0 aliphatic heterocycles. The van der Waals surface area contributed by atoms with Crippen LogP contribution >= 0.6 is 0 Å². The van der Waals surface area contributed by atoms with Gasteiger partial charge in [-0.2, -0.15) is 0 Å². The normalized spacial score (nSPS) is 11.2. The number of hydrogen-bond acceptors (Lipinski definition) is 4. The number of ether oxygens (including phenoxy) is 1. The third kappa shape index (κ3) is 17.5. The SMILES string of the molecule is CCC(C)O.CCOC(=O)CCCO. The van der Waals surface area contributed by atoms with Crippen LogP contribution in [0.1, 0.15) is 40.0 Å². The summed E-state index contributed by atoms with van der Waals surface area (Å²) < 4.78 is 4.59. The van der Waals surface area contributed by atoms with Crippen molar-refractivity contribution in [3.05, 3.63) is 0 Å². The molecule has 1 atom stereocenters. The topological polar surface area (TPSA) is 66.8 Å². The molecule has 0 aromatic heterocycles. The van der Waals surface area contributed by atoms with Crippen LogP contribution in [0.3, 0.4) is 0 Å². The van der Waals surface area contributed by atoms with Crippen molar-refractivity contribution in [2.75, 3.05) is 13.2 Å². The summed E-state index contributed by atoms with van der Waals surface area (Å²) >= 11 is 0. The van der Waals surface area contributed by atoms with Gasteiger partial charge in [-0.25, -0.2) is 0 Å². The molecule has 0 rings (SSSR count). The third-order valence-electron chi connectivity index (χ3n) is 1.44. The van der Waals surface area contributed by atoms with Crippen molar-refractivity contribution < 1.29 is 19.7 Å². The molecule has 2 N–H and O–H groups in total. The first-order valence-corrected chi connectivity index (χ1v) is 5.02. The molecule has 14 heavy (non-hydrogen) atoms. The fourth-order valence-electron chi connectivity index (χ4n) is 0.457. The summed E-state index contributed by atoms with van der Waals surface area (Å²) in [5.74, 6) is -0.230. The van der Waals surface area contributed by atoms with Gasteiger partial charge in [0.15, 0.2) is 0 Å². The Morgan fingerprint density at radius 2 is 1.93 bits per heavy atom. The van der Waals surface area contributed by atoms with Crippen molar-refractivity contribution >= 4 is 5.97 Å². The molecule has 0 aliphatic rings. The molecular formula is C10H22O4. The molecule has 0 fully saturated rings. The quantitative estimate of drug-likeness (QED) is 0.661. The average molecular weight is 206 g/mol. The van der Waals surface area contributed by atoms with Gasteiger partial charge in [0.1, 0.15) is 0 Å². The highest BCUT2D eigenvalue weighted by Gasteiger charge is 1.97. The first kappa shape index (κ1) is 15.8. The number of aliphatic hydroxyl groups excluding tert-OH is 2. The Balaban J connectivity index is 0. The minimum absolute atomic E-state index is 0.0544. The lowest BCUT2D eigenvalue weighted by molar-refractivity contribution is -0.143. The molecule has 0 amide bonds. The Kier molecular flexibility index (Phi) is 14.0. The van der Waals surface area contributed by atoms with Gasteiger partial charge >= 0.3 is 5.97 Å². The van der Waals surface area contributed by atoms with E-state index in [0.29, 0.717) is 19.4 Å². The van der Waals surface area contributed by atoms with E-state index in [1.54, 1.807) is 13.8 Å². The molecule has 0 aromatic carbocycles. The highest BCUT2D eigenvalue weighted by molar-refractivity contribution is 5.69. The van der Waals surface area contributed by atoms with Crippen LogP contribution in [0.15, 0.2) is 0 Å². The fraction of sp³-hybridized carbons (Fsp3) is 0.900. The van der Waals surface area contributed by atoms with E-state index in [9.17, 15) is 4.79 Å². The van der Waals surface area contributed by atoms with Gasteiger partial charge in [0.25, 0.3) is 0 Å². The third-order valence-corrected chi connectivity index (χ3v) is 1.44. The fourth-order valence-corrected chi connectivity index (χ4v) is 0.457. The van der Waals surface area contributed by atoms with E-state index >= 15 is 0 Å². The lowest BCUT2D eigenvalue weighted by atomic mass is 10.3. The van der Waals surface area contributed by atoms with Gasteiger partial charge in [-0.15, -0.1) is 0 Å². The van der Waals surface area contributed by atoms with Crippen molar-refractivity contribution in [3.8, 4) is 0 Å². The highest BCUT2D eigenvalue weighted by atomic mass is 16.5. The van der Waals surface area contributed by atoms with Gasteiger partial charge in [-0.05, 0) is 26.7 Å². The van der Waals surface area contributed by atoms with Crippen LogP contribution in [0, 0.1) is 0 Å². The Hall–Kier alpha value is -0.610. The summed E-state index contributed by atoms with van der Waals surface area (Å²) in [5.41, 5.74) is 0. The zero-order valence-electron chi connectivity index (χ0n) is 9.32. The summed E-state index contributed by atoms with van der Waals surface area (Å²) in [5, 5.41) is 16.6. The second-order valence-electron chi connectivity index (χ2n) is 2.89. The standard InChI is InChI=1S/C6H12O3.C4H10O/c1-2-9-6(8)4-3-5-7;1-3-4(2)5/h7H,2-5H2,1H3;4-5H,3H2,1-2H3. The maximum Gasteiger partial charge on any atom is 0.305 e. The zero-order valence-corrected chi connectivity index (χ0v) is 9.32. The van der Waals surface area contributed by atoms with E-state index < -0.39 is 0 Å². The first-order chi connectivity index (χ1) is 6.58. The lowest BCUT2D eigenvalue weighted by Gasteiger charge is -1.97. The average Bonchev–Trinajstić information content (AvgIpc) is 2.16. The molecule has 4 heteroatoms. The van der Waals surface area contributed by atoms with Crippen LogP contribution in [-0.4, -0.2) is 35.5 Å². The smallest absolute Gasteiger partial charge is 0.305 e. The van der Waals surface area contributed by atoms with Crippen LogP contribution in [0.2, 0.25) is 0 Å². The molecule has 0 heterocycles.